The molecule has 3 aromatic rings. The van der Waals surface area contributed by atoms with Gasteiger partial charge in [-0.25, -0.2) is 9.97 Å². The molecule has 154 valence electrons. The Morgan fingerprint density at radius 3 is 2.47 bits per heavy atom. The number of pyridine rings is 1. The van der Waals surface area contributed by atoms with Gasteiger partial charge in [-0.1, -0.05) is 12.1 Å². The summed E-state index contributed by atoms with van der Waals surface area (Å²) in [6.45, 7) is 3.00. The number of benzene rings is 1. The fraction of sp³-hybridized carbons (Fsp3) is 0.304. The Kier molecular flexibility index (Phi) is 5.61. The monoisotopic (exact) mass is 404 g/mol. The number of aromatic nitrogens is 3. The van der Waals surface area contributed by atoms with Gasteiger partial charge >= 0.3 is 0 Å². The van der Waals surface area contributed by atoms with Crippen molar-refractivity contribution in [2.45, 2.75) is 18.8 Å². The second-order valence-corrected chi connectivity index (χ2v) is 7.28. The number of aryl methyl sites for hydroxylation is 1. The molecule has 1 aromatic carbocycles. The Morgan fingerprint density at radius 2 is 1.77 bits per heavy atom. The maximum Gasteiger partial charge on any atom is 0.272 e. The van der Waals surface area contributed by atoms with Gasteiger partial charge in [-0.2, -0.15) is 0 Å². The normalized spacial score (nSPS) is 18.3. The fourth-order valence-corrected chi connectivity index (χ4v) is 4.02. The largest absolute Gasteiger partial charge is 0.493 e. The van der Waals surface area contributed by atoms with Gasteiger partial charge in [-0.05, 0) is 42.8 Å². The Balaban J connectivity index is 1.71. The number of amides is 1. The van der Waals surface area contributed by atoms with Crippen molar-refractivity contribution in [3.63, 3.8) is 0 Å². The van der Waals surface area contributed by atoms with Crippen molar-refractivity contribution in [3.05, 3.63) is 77.6 Å². The van der Waals surface area contributed by atoms with Crippen LogP contribution in [0, 0.1) is 6.92 Å². The molecule has 1 fully saturated rings. The minimum atomic E-state index is -0.0747. The highest BCUT2D eigenvalue weighted by Gasteiger charge is 2.39. The highest BCUT2D eigenvalue weighted by molar-refractivity contribution is 5.92. The van der Waals surface area contributed by atoms with Crippen LogP contribution < -0.4 is 9.47 Å². The first-order valence-corrected chi connectivity index (χ1v) is 9.82. The van der Waals surface area contributed by atoms with Crippen molar-refractivity contribution in [2.24, 2.45) is 0 Å². The summed E-state index contributed by atoms with van der Waals surface area (Å²) in [6, 6.07) is 13.2. The van der Waals surface area contributed by atoms with Crippen LogP contribution in [0.3, 0.4) is 0 Å². The van der Waals surface area contributed by atoms with Crippen LogP contribution in [0.15, 0.2) is 54.9 Å². The minimum Gasteiger partial charge on any atom is -0.493 e. The van der Waals surface area contributed by atoms with E-state index in [2.05, 4.69) is 15.0 Å². The summed E-state index contributed by atoms with van der Waals surface area (Å²) in [4.78, 5) is 28.0. The van der Waals surface area contributed by atoms with Crippen LogP contribution in [0.4, 0.5) is 0 Å². The van der Waals surface area contributed by atoms with Crippen LogP contribution in [0.1, 0.15) is 39.4 Å². The van der Waals surface area contributed by atoms with Crippen LogP contribution in [-0.4, -0.2) is 53.1 Å². The highest BCUT2D eigenvalue weighted by atomic mass is 16.5. The Morgan fingerprint density at radius 1 is 0.967 bits per heavy atom. The Labute approximate surface area is 175 Å². The third-order valence-corrected chi connectivity index (χ3v) is 5.50. The van der Waals surface area contributed by atoms with Gasteiger partial charge in [0.2, 0.25) is 0 Å². The van der Waals surface area contributed by atoms with Crippen molar-refractivity contribution in [1.82, 2.24) is 19.9 Å². The van der Waals surface area contributed by atoms with Crippen LogP contribution in [0.5, 0.6) is 11.5 Å². The molecule has 7 heteroatoms. The van der Waals surface area contributed by atoms with Crippen molar-refractivity contribution >= 4 is 5.91 Å². The molecule has 1 amide bonds. The van der Waals surface area contributed by atoms with Crippen molar-refractivity contribution in [1.29, 1.82) is 0 Å². The van der Waals surface area contributed by atoms with E-state index in [0.29, 0.717) is 36.1 Å². The van der Waals surface area contributed by atoms with E-state index in [0.717, 1.165) is 11.3 Å². The Bertz CT molecular complexity index is 1040. The fourth-order valence-electron chi connectivity index (χ4n) is 4.02. The second-order valence-electron chi connectivity index (χ2n) is 7.28. The number of carbonyl (C=O) groups excluding carboxylic acids is 1. The van der Waals surface area contributed by atoms with Gasteiger partial charge in [0.15, 0.2) is 11.5 Å². The summed E-state index contributed by atoms with van der Waals surface area (Å²) < 4.78 is 10.9. The quantitative estimate of drug-likeness (QED) is 0.650. The Hall–Kier alpha value is -3.48. The first-order valence-electron chi connectivity index (χ1n) is 9.82. The lowest BCUT2D eigenvalue weighted by atomic mass is 9.86. The molecule has 30 heavy (non-hydrogen) atoms. The van der Waals surface area contributed by atoms with Gasteiger partial charge in [0.05, 0.1) is 14.2 Å². The van der Waals surface area contributed by atoms with Gasteiger partial charge < -0.3 is 14.4 Å². The number of ether oxygens (including phenoxy) is 2. The summed E-state index contributed by atoms with van der Waals surface area (Å²) in [6.07, 6.45) is 3.41. The zero-order valence-corrected chi connectivity index (χ0v) is 17.3. The third kappa shape index (κ3) is 3.83. The van der Waals surface area contributed by atoms with Crippen LogP contribution in [0.2, 0.25) is 0 Å². The SMILES string of the molecule is COc1ccc([C@@H]2CN(C(=O)c3ccccn3)C[C@H]2c2ccnc(C)n2)cc1OC. The third-order valence-electron chi connectivity index (χ3n) is 5.50. The zero-order chi connectivity index (χ0) is 21.1. The maximum absolute atomic E-state index is 13.1. The van der Waals surface area contributed by atoms with Gasteiger partial charge in [-0.3, -0.25) is 9.78 Å². The second kappa shape index (κ2) is 8.49. The molecule has 1 aliphatic heterocycles. The highest BCUT2D eigenvalue weighted by Crippen LogP contribution is 2.41. The van der Waals surface area contributed by atoms with Gasteiger partial charge in [0, 0.05) is 43.0 Å². The van der Waals surface area contributed by atoms with E-state index < -0.39 is 0 Å². The molecule has 1 saturated heterocycles. The number of methoxy groups -OCH3 is 2. The van der Waals surface area contributed by atoms with E-state index >= 15 is 0 Å². The number of rotatable bonds is 5. The van der Waals surface area contributed by atoms with E-state index in [9.17, 15) is 4.79 Å². The molecule has 2 atom stereocenters. The summed E-state index contributed by atoms with van der Waals surface area (Å²) >= 11 is 0. The van der Waals surface area contributed by atoms with Crippen molar-refractivity contribution < 1.29 is 14.3 Å². The number of carbonyl (C=O) groups is 1. The predicted octanol–water partition coefficient (Wildman–Crippen LogP) is 3.22. The van der Waals surface area contributed by atoms with Crippen LogP contribution in [0.25, 0.3) is 0 Å². The number of likely N-dealkylation sites (tertiary alicyclic amines) is 1. The maximum atomic E-state index is 13.1. The van der Waals surface area contributed by atoms with Crippen molar-refractivity contribution in [2.75, 3.05) is 27.3 Å². The lowest BCUT2D eigenvalue weighted by Gasteiger charge is -2.19. The summed E-state index contributed by atoms with van der Waals surface area (Å²) in [5, 5.41) is 0. The van der Waals surface area contributed by atoms with Crippen molar-refractivity contribution in [3.8, 4) is 11.5 Å². The number of hydrogen-bond donors (Lipinski definition) is 0. The standard InChI is InChI=1S/C23H24N4O3/c1-15-24-11-9-19(26-15)18-14-27(23(28)20-6-4-5-10-25-20)13-17(18)16-7-8-21(29-2)22(12-16)30-3/h4-12,17-18H,13-14H2,1-3H3/t17-,18+/m0/s1. The van der Waals surface area contributed by atoms with Crippen LogP contribution in [-0.2, 0) is 0 Å². The van der Waals surface area contributed by atoms with E-state index in [1.165, 1.54) is 0 Å². The predicted molar refractivity (Wildman–Crippen MR) is 112 cm³/mol. The molecule has 0 N–H and O–H groups in total. The molecular weight excluding hydrogens is 380 g/mol. The molecule has 4 rings (SSSR count). The lowest BCUT2D eigenvalue weighted by Crippen LogP contribution is -2.29. The van der Waals surface area contributed by atoms with Crippen LogP contribution >= 0.6 is 0 Å². The molecule has 7 nitrogen and oxygen atoms in total. The zero-order valence-electron chi connectivity index (χ0n) is 17.3. The number of hydrogen-bond acceptors (Lipinski definition) is 6. The molecule has 0 bridgehead atoms. The molecule has 0 spiro atoms. The molecule has 1 aliphatic rings. The topological polar surface area (TPSA) is 77.4 Å². The molecular formula is C23H24N4O3. The summed E-state index contributed by atoms with van der Waals surface area (Å²) in [7, 11) is 3.24. The average Bonchev–Trinajstić information content (AvgIpc) is 3.24. The summed E-state index contributed by atoms with van der Waals surface area (Å²) in [5.74, 6) is 2.09. The number of nitrogens with zero attached hydrogens (tertiary/aromatic N) is 4. The van der Waals surface area contributed by atoms with E-state index in [1.807, 2.05) is 42.2 Å². The minimum absolute atomic E-state index is 0.0393. The lowest BCUT2D eigenvalue weighted by molar-refractivity contribution is 0.0783. The molecule has 3 heterocycles. The van der Waals surface area contributed by atoms with Gasteiger partial charge in [-0.15, -0.1) is 0 Å². The first-order chi connectivity index (χ1) is 14.6. The smallest absolute Gasteiger partial charge is 0.272 e. The van der Waals surface area contributed by atoms with E-state index in [1.54, 1.807) is 38.7 Å². The molecule has 0 unspecified atom stereocenters. The molecule has 2 aromatic heterocycles. The van der Waals surface area contributed by atoms with E-state index in [4.69, 9.17) is 9.47 Å². The van der Waals surface area contributed by atoms with E-state index in [-0.39, 0.29) is 17.7 Å². The summed E-state index contributed by atoms with van der Waals surface area (Å²) in [5.41, 5.74) is 2.45. The van der Waals surface area contributed by atoms with Gasteiger partial charge in [0.25, 0.3) is 5.91 Å². The molecule has 0 radical (unpaired) electrons. The van der Waals surface area contributed by atoms with Gasteiger partial charge in [0.1, 0.15) is 11.5 Å². The average molecular weight is 404 g/mol. The molecule has 0 aliphatic carbocycles. The molecule has 0 saturated carbocycles. The first kappa shape index (κ1) is 19.8.